The highest BCUT2D eigenvalue weighted by Gasteiger charge is 2.34. The summed E-state index contributed by atoms with van der Waals surface area (Å²) in [6.07, 6.45) is 1.00. The molecular weight excluding hydrogens is 390 g/mol. The van der Waals surface area contributed by atoms with Crippen LogP contribution in [-0.4, -0.2) is 7.11 Å². The van der Waals surface area contributed by atoms with Crippen LogP contribution in [0, 0.1) is 0 Å². The topological polar surface area (TPSA) is 12.5 Å². The fraction of sp³-hybridized carbons (Fsp3) is 0.133. The van der Waals surface area contributed by atoms with Crippen molar-refractivity contribution in [3.63, 3.8) is 0 Å². The summed E-state index contributed by atoms with van der Waals surface area (Å²) in [6.45, 7) is 2.27. The van der Waals surface area contributed by atoms with E-state index in [1.807, 2.05) is 12.1 Å². The van der Waals surface area contributed by atoms with Crippen molar-refractivity contribution in [2.24, 2.45) is 0 Å². The van der Waals surface area contributed by atoms with E-state index >= 15 is 0 Å². The maximum atomic E-state index is 5.44. The Morgan fingerprint density at radius 3 is 1.91 bits per heavy atom. The average Bonchev–Trinajstić information content (AvgIpc) is 2.88. The average molecular weight is 418 g/mol. The first-order valence-corrected chi connectivity index (χ1v) is 11.2. The van der Waals surface area contributed by atoms with Crippen LogP contribution < -0.4 is 9.64 Å². The fourth-order valence-electron chi connectivity index (χ4n) is 4.79. The maximum Gasteiger partial charge on any atom is 0.119 e. The van der Waals surface area contributed by atoms with E-state index in [4.69, 9.17) is 4.74 Å². The molecule has 32 heavy (non-hydrogen) atoms. The first-order valence-electron chi connectivity index (χ1n) is 11.2. The summed E-state index contributed by atoms with van der Waals surface area (Å²) in [5.41, 5.74) is 8.81. The van der Waals surface area contributed by atoms with Crippen molar-refractivity contribution in [2.75, 3.05) is 12.0 Å². The van der Waals surface area contributed by atoms with Gasteiger partial charge in [0.15, 0.2) is 0 Å². The van der Waals surface area contributed by atoms with Crippen LogP contribution in [0.5, 0.6) is 5.75 Å². The summed E-state index contributed by atoms with van der Waals surface area (Å²) in [7, 11) is 1.71. The van der Waals surface area contributed by atoms with Crippen LogP contribution in [0.2, 0.25) is 0 Å². The first kappa shape index (κ1) is 20.1. The van der Waals surface area contributed by atoms with Crippen LogP contribution in [0.25, 0.3) is 11.3 Å². The van der Waals surface area contributed by atoms with E-state index < -0.39 is 0 Å². The Balaban J connectivity index is 1.86. The lowest BCUT2D eigenvalue weighted by Crippen LogP contribution is -2.32. The minimum Gasteiger partial charge on any atom is -0.497 e. The predicted molar refractivity (Wildman–Crippen MR) is 134 cm³/mol. The molecule has 158 valence electrons. The third-order valence-corrected chi connectivity index (χ3v) is 6.23. The molecule has 0 saturated carbocycles. The third kappa shape index (κ3) is 3.48. The van der Waals surface area contributed by atoms with Gasteiger partial charge in [0.25, 0.3) is 0 Å². The molecule has 0 saturated heterocycles. The summed E-state index contributed by atoms with van der Waals surface area (Å²) in [5, 5.41) is 0. The fourth-order valence-corrected chi connectivity index (χ4v) is 4.79. The van der Waals surface area contributed by atoms with E-state index in [-0.39, 0.29) is 6.04 Å². The molecule has 0 radical (unpaired) electrons. The number of methoxy groups -OCH3 is 1. The number of hydrogen-bond acceptors (Lipinski definition) is 2. The Labute approximate surface area is 190 Å². The highest BCUT2D eigenvalue weighted by molar-refractivity contribution is 6.06. The van der Waals surface area contributed by atoms with Gasteiger partial charge in [0.05, 0.1) is 18.8 Å². The second-order valence-electron chi connectivity index (χ2n) is 8.03. The molecule has 0 spiro atoms. The summed E-state index contributed by atoms with van der Waals surface area (Å²) in [5.74, 6) is 0.868. The van der Waals surface area contributed by atoms with Crippen molar-refractivity contribution in [1.82, 2.24) is 0 Å². The van der Waals surface area contributed by atoms with Gasteiger partial charge in [0.1, 0.15) is 5.75 Å². The molecule has 2 heteroatoms. The SMILES string of the molecule is CCC1c2ccccc2C(c2ccccc2)=C(c2ccccc2)N1c1ccc(OC)cc1. The van der Waals surface area contributed by atoms with Gasteiger partial charge in [-0.2, -0.15) is 0 Å². The highest BCUT2D eigenvalue weighted by atomic mass is 16.5. The van der Waals surface area contributed by atoms with Crippen molar-refractivity contribution in [2.45, 2.75) is 19.4 Å². The van der Waals surface area contributed by atoms with Gasteiger partial charge in [-0.05, 0) is 52.9 Å². The van der Waals surface area contributed by atoms with Crippen LogP contribution in [0.4, 0.5) is 5.69 Å². The van der Waals surface area contributed by atoms with Gasteiger partial charge >= 0.3 is 0 Å². The molecule has 0 aromatic heterocycles. The Hall–Kier alpha value is -3.78. The van der Waals surface area contributed by atoms with E-state index in [0.29, 0.717) is 0 Å². The zero-order chi connectivity index (χ0) is 21.9. The molecule has 0 N–H and O–H groups in total. The van der Waals surface area contributed by atoms with E-state index in [9.17, 15) is 0 Å². The number of nitrogens with zero attached hydrogens (tertiary/aromatic N) is 1. The van der Waals surface area contributed by atoms with E-state index in [2.05, 4.69) is 109 Å². The van der Waals surface area contributed by atoms with Crippen LogP contribution in [0.1, 0.15) is 41.6 Å². The summed E-state index contributed by atoms with van der Waals surface area (Å²) in [4.78, 5) is 2.51. The van der Waals surface area contributed by atoms with E-state index in [1.54, 1.807) is 7.11 Å². The molecule has 4 aromatic carbocycles. The minimum atomic E-state index is 0.238. The van der Waals surface area contributed by atoms with Crippen molar-refractivity contribution >= 4 is 17.0 Å². The molecule has 1 unspecified atom stereocenters. The van der Waals surface area contributed by atoms with Gasteiger partial charge in [-0.25, -0.2) is 0 Å². The summed E-state index contributed by atoms with van der Waals surface area (Å²) >= 11 is 0. The highest BCUT2D eigenvalue weighted by Crippen LogP contribution is 2.49. The number of fused-ring (bicyclic) bond motifs is 1. The summed E-state index contributed by atoms with van der Waals surface area (Å²) < 4.78 is 5.44. The van der Waals surface area contributed by atoms with Gasteiger partial charge in [0.2, 0.25) is 0 Å². The van der Waals surface area contributed by atoms with Crippen LogP contribution >= 0.6 is 0 Å². The molecule has 1 aliphatic heterocycles. The van der Waals surface area contributed by atoms with Crippen molar-refractivity contribution in [3.05, 3.63) is 131 Å². The van der Waals surface area contributed by atoms with E-state index in [1.165, 1.54) is 39.2 Å². The second kappa shape index (κ2) is 8.76. The van der Waals surface area contributed by atoms with Crippen LogP contribution in [-0.2, 0) is 0 Å². The van der Waals surface area contributed by atoms with Crippen molar-refractivity contribution in [3.8, 4) is 5.75 Å². The van der Waals surface area contributed by atoms with Gasteiger partial charge < -0.3 is 9.64 Å². The van der Waals surface area contributed by atoms with Crippen molar-refractivity contribution in [1.29, 1.82) is 0 Å². The lowest BCUT2D eigenvalue weighted by molar-refractivity contribution is 0.415. The molecule has 4 aromatic rings. The predicted octanol–water partition coefficient (Wildman–Crippen LogP) is 7.58. The molecule has 5 rings (SSSR count). The monoisotopic (exact) mass is 417 g/mol. The first-order chi connectivity index (χ1) is 15.8. The number of ether oxygens (including phenoxy) is 1. The number of anilines is 1. The molecule has 1 heterocycles. The Morgan fingerprint density at radius 1 is 0.688 bits per heavy atom. The molecule has 1 aliphatic rings. The zero-order valence-electron chi connectivity index (χ0n) is 18.5. The van der Waals surface area contributed by atoms with Gasteiger partial charge in [-0.3, -0.25) is 0 Å². The Kier molecular flexibility index (Phi) is 5.51. The minimum absolute atomic E-state index is 0.238. The largest absolute Gasteiger partial charge is 0.497 e. The standard InChI is InChI=1S/C30H27NO/c1-3-28-26-16-10-11-17-27(26)29(22-12-6-4-7-13-22)30(23-14-8-5-9-15-23)31(28)24-18-20-25(32-2)21-19-24/h4-21,28H,3H2,1-2H3. The van der Waals surface area contributed by atoms with E-state index in [0.717, 1.165) is 12.2 Å². The second-order valence-corrected chi connectivity index (χ2v) is 8.03. The lowest BCUT2D eigenvalue weighted by Gasteiger charge is -2.42. The molecular formula is C30H27NO. The number of hydrogen-bond donors (Lipinski definition) is 0. The quantitative estimate of drug-likeness (QED) is 0.332. The van der Waals surface area contributed by atoms with Gasteiger partial charge in [0, 0.05) is 11.3 Å². The third-order valence-electron chi connectivity index (χ3n) is 6.23. The van der Waals surface area contributed by atoms with Gasteiger partial charge in [-0.15, -0.1) is 0 Å². The Bertz CT molecular complexity index is 1230. The zero-order valence-corrected chi connectivity index (χ0v) is 18.5. The molecule has 0 fully saturated rings. The molecule has 0 bridgehead atoms. The number of benzene rings is 4. The molecule has 0 aliphatic carbocycles. The smallest absolute Gasteiger partial charge is 0.119 e. The normalized spacial score (nSPS) is 15.4. The molecule has 1 atom stereocenters. The summed E-state index contributed by atoms with van der Waals surface area (Å²) in [6, 6.07) is 39.1. The number of rotatable bonds is 5. The van der Waals surface area contributed by atoms with Gasteiger partial charge in [-0.1, -0.05) is 91.9 Å². The Morgan fingerprint density at radius 2 is 1.28 bits per heavy atom. The maximum absolute atomic E-state index is 5.44. The van der Waals surface area contributed by atoms with Crippen LogP contribution in [0.15, 0.2) is 109 Å². The molecule has 2 nitrogen and oxygen atoms in total. The lowest BCUT2D eigenvalue weighted by atomic mass is 9.82. The van der Waals surface area contributed by atoms with Crippen molar-refractivity contribution < 1.29 is 4.74 Å². The molecule has 0 amide bonds. The van der Waals surface area contributed by atoms with Crippen LogP contribution in [0.3, 0.4) is 0 Å².